The summed E-state index contributed by atoms with van der Waals surface area (Å²) in [4.78, 5) is 24.0. The normalized spacial score (nSPS) is 10.1. The number of ether oxygens (including phenoxy) is 3. The summed E-state index contributed by atoms with van der Waals surface area (Å²) in [5, 5.41) is 2.73. The first-order chi connectivity index (χ1) is 12.5. The number of nitrogens with one attached hydrogen (secondary N) is 1. The lowest BCUT2D eigenvalue weighted by Gasteiger charge is -2.13. The summed E-state index contributed by atoms with van der Waals surface area (Å²) in [5.41, 5.74) is 1.95. The van der Waals surface area contributed by atoms with E-state index < -0.39 is 5.97 Å². The molecule has 26 heavy (non-hydrogen) atoms. The molecule has 0 fully saturated rings. The average molecular weight is 357 g/mol. The van der Waals surface area contributed by atoms with Crippen molar-refractivity contribution in [2.75, 3.05) is 25.1 Å². The van der Waals surface area contributed by atoms with Gasteiger partial charge in [0.2, 0.25) is 0 Å². The van der Waals surface area contributed by atoms with E-state index in [2.05, 4.69) is 5.32 Å². The highest BCUT2D eigenvalue weighted by Gasteiger charge is 2.13. The molecule has 1 amide bonds. The van der Waals surface area contributed by atoms with Crippen LogP contribution < -0.4 is 14.8 Å². The molecule has 0 aromatic heterocycles. The Hall–Kier alpha value is -3.02. The van der Waals surface area contributed by atoms with E-state index >= 15 is 0 Å². The summed E-state index contributed by atoms with van der Waals surface area (Å²) in [7, 11) is 0. The van der Waals surface area contributed by atoms with Gasteiger partial charge in [-0.05, 0) is 51.1 Å². The summed E-state index contributed by atoms with van der Waals surface area (Å²) in [6.45, 7) is 6.10. The first kappa shape index (κ1) is 19.3. The summed E-state index contributed by atoms with van der Waals surface area (Å²) < 4.78 is 16.0. The Morgan fingerprint density at radius 3 is 2.35 bits per heavy atom. The molecule has 0 aliphatic rings. The average Bonchev–Trinajstić information content (AvgIpc) is 2.63. The molecular weight excluding hydrogens is 334 g/mol. The van der Waals surface area contributed by atoms with Crippen LogP contribution in [0.3, 0.4) is 0 Å². The van der Waals surface area contributed by atoms with E-state index in [1.165, 1.54) is 0 Å². The molecule has 6 nitrogen and oxygen atoms in total. The maximum absolute atomic E-state index is 12.1. The second-order valence-electron chi connectivity index (χ2n) is 5.51. The van der Waals surface area contributed by atoms with Gasteiger partial charge < -0.3 is 19.5 Å². The van der Waals surface area contributed by atoms with Crippen LogP contribution in [0, 0.1) is 6.92 Å². The second kappa shape index (κ2) is 9.46. The molecule has 2 aromatic rings. The minimum atomic E-state index is -0.436. The zero-order chi connectivity index (χ0) is 18.9. The second-order valence-corrected chi connectivity index (χ2v) is 5.51. The van der Waals surface area contributed by atoms with Gasteiger partial charge in [-0.15, -0.1) is 0 Å². The minimum absolute atomic E-state index is 0.131. The number of anilines is 1. The van der Waals surface area contributed by atoms with E-state index in [0.717, 1.165) is 5.56 Å². The van der Waals surface area contributed by atoms with Crippen LogP contribution in [-0.4, -0.2) is 31.7 Å². The third-order valence-electron chi connectivity index (χ3n) is 3.46. The number of rotatable bonds is 8. The third-order valence-corrected chi connectivity index (χ3v) is 3.46. The Bertz CT molecular complexity index is 755. The van der Waals surface area contributed by atoms with Crippen LogP contribution >= 0.6 is 0 Å². The summed E-state index contributed by atoms with van der Waals surface area (Å²) in [6, 6.07) is 12.2. The molecule has 0 unspecified atom stereocenters. The monoisotopic (exact) mass is 357 g/mol. The zero-order valence-electron chi connectivity index (χ0n) is 15.2. The molecule has 0 radical (unpaired) electrons. The Labute approximate surface area is 153 Å². The van der Waals surface area contributed by atoms with Gasteiger partial charge in [-0.3, -0.25) is 4.79 Å². The molecule has 0 saturated heterocycles. The number of esters is 1. The highest BCUT2D eigenvalue weighted by Crippen LogP contribution is 2.26. The van der Waals surface area contributed by atoms with E-state index in [-0.39, 0.29) is 19.1 Å². The quantitative estimate of drug-likeness (QED) is 0.731. The first-order valence-corrected chi connectivity index (χ1v) is 8.46. The molecule has 0 spiro atoms. The minimum Gasteiger partial charge on any atom is -0.492 e. The third kappa shape index (κ3) is 5.51. The molecule has 0 saturated carbocycles. The van der Waals surface area contributed by atoms with Crippen LogP contribution in [0.4, 0.5) is 5.69 Å². The van der Waals surface area contributed by atoms with Crippen molar-refractivity contribution in [2.45, 2.75) is 20.8 Å². The number of benzene rings is 2. The number of carbonyl (C=O) groups is 2. The van der Waals surface area contributed by atoms with Gasteiger partial charge in [-0.1, -0.05) is 17.7 Å². The lowest BCUT2D eigenvalue weighted by Crippen LogP contribution is -2.20. The molecule has 6 heteroatoms. The molecule has 0 aliphatic heterocycles. The lowest BCUT2D eigenvalue weighted by molar-refractivity contribution is -0.118. The fourth-order valence-corrected chi connectivity index (χ4v) is 2.21. The molecule has 0 heterocycles. The van der Waals surface area contributed by atoms with Gasteiger partial charge in [-0.2, -0.15) is 0 Å². The van der Waals surface area contributed by atoms with Crippen molar-refractivity contribution in [1.29, 1.82) is 0 Å². The highest BCUT2D eigenvalue weighted by atomic mass is 16.5. The fourth-order valence-electron chi connectivity index (χ4n) is 2.21. The van der Waals surface area contributed by atoms with Gasteiger partial charge in [0.15, 0.2) is 6.61 Å². The number of amides is 1. The van der Waals surface area contributed by atoms with Crippen molar-refractivity contribution in [1.82, 2.24) is 0 Å². The van der Waals surface area contributed by atoms with Crippen molar-refractivity contribution in [2.24, 2.45) is 0 Å². The van der Waals surface area contributed by atoms with Gasteiger partial charge in [0.1, 0.15) is 11.5 Å². The predicted molar refractivity (Wildman–Crippen MR) is 98.9 cm³/mol. The van der Waals surface area contributed by atoms with Gasteiger partial charge in [0, 0.05) is 0 Å². The van der Waals surface area contributed by atoms with Crippen molar-refractivity contribution >= 4 is 17.6 Å². The van der Waals surface area contributed by atoms with Crippen LogP contribution in [0.15, 0.2) is 42.5 Å². The lowest BCUT2D eigenvalue weighted by atomic mass is 10.2. The van der Waals surface area contributed by atoms with E-state index in [1.54, 1.807) is 25.1 Å². The van der Waals surface area contributed by atoms with Gasteiger partial charge in [0.25, 0.3) is 5.91 Å². The Morgan fingerprint density at radius 1 is 0.962 bits per heavy atom. The van der Waals surface area contributed by atoms with E-state index in [1.807, 2.05) is 38.1 Å². The fraction of sp³-hybridized carbons (Fsp3) is 0.300. The molecule has 0 aliphatic carbocycles. The first-order valence-electron chi connectivity index (χ1n) is 8.46. The Kier molecular flexibility index (Phi) is 7.02. The van der Waals surface area contributed by atoms with Crippen molar-refractivity contribution in [3.8, 4) is 11.5 Å². The Morgan fingerprint density at radius 2 is 1.69 bits per heavy atom. The number of aryl methyl sites for hydroxylation is 1. The largest absolute Gasteiger partial charge is 0.492 e. The van der Waals surface area contributed by atoms with Gasteiger partial charge in [-0.25, -0.2) is 4.79 Å². The van der Waals surface area contributed by atoms with Crippen molar-refractivity contribution in [3.63, 3.8) is 0 Å². The number of carbonyl (C=O) groups excluding carboxylic acids is 2. The van der Waals surface area contributed by atoms with E-state index in [4.69, 9.17) is 14.2 Å². The molecule has 0 atom stereocenters. The molecule has 2 rings (SSSR count). The molecule has 2 aromatic carbocycles. The number of hydrogen-bond donors (Lipinski definition) is 1. The van der Waals surface area contributed by atoms with Gasteiger partial charge in [0.05, 0.1) is 24.5 Å². The zero-order valence-corrected chi connectivity index (χ0v) is 15.2. The molecular formula is C20H23NO5. The Balaban J connectivity index is 2.03. The van der Waals surface area contributed by atoms with Crippen LogP contribution in [0.5, 0.6) is 11.5 Å². The smallest absolute Gasteiger partial charge is 0.338 e. The van der Waals surface area contributed by atoms with E-state index in [0.29, 0.717) is 29.4 Å². The predicted octanol–water partition coefficient (Wildman–Crippen LogP) is 3.59. The van der Waals surface area contributed by atoms with E-state index in [9.17, 15) is 9.59 Å². The summed E-state index contributed by atoms with van der Waals surface area (Å²) in [5.74, 6) is 0.264. The maximum Gasteiger partial charge on any atom is 0.338 e. The summed E-state index contributed by atoms with van der Waals surface area (Å²) >= 11 is 0. The van der Waals surface area contributed by atoms with Crippen molar-refractivity contribution in [3.05, 3.63) is 53.6 Å². The SMILES string of the molecule is CCOC(=O)c1ccc(NC(=O)COc2ccc(C)cc2)c(OCC)c1. The van der Waals surface area contributed by atoms with Crippen LogP contribution in [0.2, 0.25) is 0 Å². The molecule has 1 N–H and O–H groups in total. The van der Waals surface area contributed by atoms with Gasteiger partial charge >= 0.3 is 5.97 Å². The highest BCUT2D eigenvalue weighted by molar-refractivity contribution is 5.95. The topological polar surface area (TPSA) is 73.9 Å². The van der Waals surface area contributed by atoms with Crippen LogP contribution in [0.1, 0.15) is 29.8 Å². The summed E-state index contributed by atoms with van der Waals surface area (Å²) in [6.07, 6.45) is 0. The van der Waals surface area contributed by atoms with Crippen LogP contribution in [0.25, 0.3) is 0 Å². The van der Waals surface area contributed by atoms with Crippen LogP contribution in [-0.2, 0) is 9.53 Å². The molecule has 0 bridgehead atoms. The maximum atomic E-state index is 12.1. The van der Waals surface area contributed by atoms with Crippen molar-refractivity contribution < 1.29 is 23.8 Å². The standard InChI is InChI=1S/C20H23NO5/c1-4-24-18-12-15(20(23)25-5-2)8-11-17(18)21-19(22)13-26-16-9-6-14(3)7-10-16/h6-12H,4-5,13H2,1-3H3,(H,21,22). The molecule has 138 valence electrons. The number of hydrogen-bond acceptors (Lipinski definition) is 5.